The van der Waals surface area contributed by atoms with E-state index in [-0.39, 0.29) is 11.6 Å². The fourth-order valence-electron chi connectivity index (χ4n) is 3.19. The van der Waals surface area contributed by atoms with Crippen LogP contribution in [0.5, 0.6) is 11.5 Å². The molecule has 0 atom stereocenters. The number of benzene rings is 2. The highest BCUT2D eigenvalue weighted by molar-refractivity contribution is 5.74. The second-order valence-corrected chi connectivity index (χ2v) is 6.15. The first kappa shape index (κ1) is 17.6. The third kappa shape index (κ3) is 2.94. The minimum Gasteiger partial charge on any atom is -0.497 e. The second kappa shape index (κ2) is 7.07. The summed E-state index contributed by atoms with van der Waals surface area (Å²) in [5.41, 5.74) is 8.05. The molecule has 0 unspecified atom stereocenters. The van der Waals surface area contributed by atoms with Crippen LogP contribution in [0.3, 0.4) is 0 Å². The number of ether oxygens (including phenoxy) is 2. The number of aromatic nitrogens is 4. The lowest BCUT2D eigenvalue weighted by atomic mass is 10.2. The van der Waals surface area contributed by atoms with E-state index < -0.39 is 0 Å². The minimum absolute atomic E-state index is 0.0959. The van der Waals surface area contributed by atoms with Crippen molar-refractivity contribution in [2.75, 3.05) is 20.0 Å². The van der Waals surface area contributed by atoms with Gasteiger partial charge in [0.2, 0.25) is 5.95 Å². The number of hydrogen-bond acceptors (Lipinski definition) is 6. The van der Waals surface area contributed by atoms with E-state index in [1.54, 1.807) is 31.0 Å². The van der Waals surface area contributed by atoms with Crippen molar-refractivity contribution in [2.45, 2.75) is 6.54 Å². The van der Waals surface area contributed by atoms with Gasteiger partial charge >= 0.3 is 5.69 Å². The zero-order valence-electron chi connectivity index (χ0n) is 15.5. The number of para-hydroxylation sites is 1. The summed E-state index contributed by atoms with van der Waals surface area (Å²) in [7, 11) is 3.18. The molecule has 0 saturated carbocycles. The van der Waals surface area contributed by atoms with Gasteiger partial charge in [0.1, 0.15) is 17.0 Å². The molecular formula is C20H19N5O3. The van der Waals surface area contributed by atoms with Gasteiger partial charge in [-0.2, -0.15) is 4.98 Å². The highest BCUT2D eigenvalue weighted by Gasteiger charge is 2.18. The van der Waals surface area contributed by atoms with E-state index in [1.807, 2.05) is 42.5 Å². The third-order valence-electron chi connectivity index (χ3n) is 4.53. The van der Waals surface area contributed by atoms with E-state index in [4.69, 9.17) is 15.2 Å². The summed E-state index contributed by atoms with van der Waals surface area (Å²) in [6.07, 6.45) is 1.56. The van der Waals surface area contributed by atoms with Gasteiger partial charge in [-0.15, -0.1) is 0 Å². The monoisotopic (exact) mass is 377 g/mol. The van der Waals surface area contributed by atoms with Gasteiger partial charge in [-0.05, 0) is 18.2 Å². The standard InChI is InChI=1S/C20H19N5O3/c1-27-15-8-5-7-14(10-15)25-18-16(11-22-19(21)23-18)24(20(25)26)12-13-6-3-4-9-17(13)28-2/h3-11H,12H2,1-2H3,(H2,21,22,23). The van der Waals surface area contributed by atoms with Gasteiger partial charge in [-0.25, -0.2) is 14.3 Å². The largest absolute Gasteiger partial charge is 0.497 e. The van der Waals surface area contributed by atoms with Crippen LogP contribution in [0.4, 0.5) is 5.95 Å². The molecule has 0 radical (unpaired) electrons. The van der Waals surface area contributed by atoms with Crippen molar-refractivity contribution in [1.29, 1.82) is 0 Å². The summed E-state index contributed by atoms with van der Waals surface area (Å²) in [5.74, 6) is 1.43. The highest BCUT2D eigenvalue weighted by Crippen LogP contribution is 2.23. The molecule has 2 heterocycles. The van der Waals surface area contributed by atoms with E-state index in [1.165, 1.54) is 4.57 Å². The smallest absolute Gasteiger partial charge is 0.335 e. The number of methoxy groups -OCH3 is 2. The summed E-state index contributed by atoms with van der Waals surface area (Å²) in [6.45, 7) is 0.309. The van der Waals surface area contributed by atoms with Crippen LogP contribution in [0.1, 0.15) is 5.56 Å². The zero-order chi connectivity index (χ0) is 19.7. The maximum absolute atomic E-state index is 13.3. The van der Waals surface area contributed by atoms with E-state index in [9.17, 15) is 4.79 Å². The number of imidazole rings is 1. The van der Waals surface area contributed by atoms with E-state index in [0.29, 0.717) is 34.9 Å². The molecule has 2 aromatic heterocycles. The predicted octanol–water partition coefficient (Wildman–Crippen LogP) is 2.23. The van der Waals surface area contributed by atoms with Crippen molar-refractivity contribution in [2.24, 2.45) is 0 Å². The fourth-order valence-corrected chi connectivity index (χ4v) is 3.19. The SMILES string of the molecule is COc1cccc(-n2c(=O)n(Cc3ccccc3OC)c3cnc(N)nc32)c1. The topological polar surface area (TPSA) is 97.2 Å². The molecule has 8 nitrogen and oxygen atoms in total. The molecule has 0 spiro atoms. The lowest BCUT2D eigenvalue weighted by Gasteiger charge is -2.08. The minimum atomic E-state index is -0.256. The van der Waals surface area contributed by atoms with Gasteiger partial charge in [0.15, 0.2) is 5.65 Å². The van der Waals surface area contributed by atoms with Crippen molar-refractivity contribution in [1.82, 2.24) is 19.1 Å². The molecule has 2 aromatic carbocycles. The molecule has 0 aliphatic rings. The molecule has 0 bridgehead atoms. The van der Waals surface area contributed by atoms with Gasteiger partial charge in [0, 0.05) is 11.6 Å². The van der Waals surface area contributed by atoms with Gasteiger partial charge in [0.25, 0.3) is 0 Å². The predicted molar refractivity (Wildman–Crippen MR) is 106 cm³/mol. The Bertz CT molecular complexity index is 1210. The van der Waals surface area contributed by atoms with Crippen LogP contribution in [0, 0.1) is 0 Å². The van der Waals surface area contributed by atoms with Crippen LogP contribution in [0.2, 0.25) is 0 Å². The van der Waals surface area contributed by atoms with Crippen molar-refractivity contribution in [3.63, 3.8) is 0 Å². The molecule has 142 valence electrons. The van der Waals surface area contributed by atoms with E-state index >= 15 is 0 Å². The van der Waals surface area contributed by atoms with Crippen LogP contribution in [-0.4, -0.2) is 33.3 Å². The van der Waals surface area contributed by atoms with Crippen LogP contribution in [0.25, 0.3) is 16.9 Å². The zero-order valence-corrected chi connectivity index (χ0v) is 15.5. The maximum atomic E-state index is 13.3. The van der Waals surface area contributed by atoms with Gasteiger partial charge in [-0.3, -0.25) is 4.57 Å². The summed E-state index contributed by atoms with van der Waals surface area (Å²) in [6, 6.07) is 14.8. The molecule has 0 aliphatic carbocycles. The lowest BCUT2D eigenvalue weighted by Crippen LogP contribution is -2.24. The van der Waals surface area contributed by atoms with Crippen molar-refractivity contribution in [3.05, 3.63) is 70.8 Å². The molecule has 2 N–H and O–H groups in total. The molecule has 0 saturated heterocycles. The Balaban J connectivity index is 1.95. The number of rotatable bonds is 5. The molecular weight excluding hydrogens is 358 g/mol. The van der Waals surface area contributed by atoms with Crippen LogP contribution < -0.4 is 20.9 Å². The number of hydrogen-bond donors (Lipinski definition) is 1. The first-order chi connectivity index (χ1) is 13.6. The Morgan fingerprint density at radius 3 is 2.68 bits per heavy atom. The number of anilines is 1. The van der Waals surface area contributed by atoms with Crippen LogP contribution >= 0.6 is 0 Å². The first-order valence-corrected chi connectivity index (χ1v) is 8.62. The van der Waals surface area contributed by atoms with E-state index in [2.05, 4.69) is 9.97 Å². The average molecular weight is 377 g/mol. The normalized spacial score (nSPS) is 10.9. The second-order valence-electron chi connectivity index (χ2n) is 6.15. The van der Waals surface area contributed by atoms with Crippen molar-refractivity contribution < 1.29 is 9.47 Å². The van der Waals surface area contributed by atoms with Crippen LogP contribution in [0.15, 0.2) is 59.5 Å². The lowest BCUT2D eigenvalue weighted by molar-refractivity contribution is 0.408. The molecule has 8 heteroatoms. The Hall–Kier alpha value is -3.81. The maximum Gasteiger partial charge on any atom is 0.335 e. The first-order valence-electron chi connectivity index (χ1n) is 8.62. The average Bonchev–Trinajstić information content (AvgIpc) is 2.99. The third-order valence-corrected chi connectivity index (χ3v) is 4.53. The number of nitrogens with two attached hydrogens (primary N) is 1. The molecule has 4 rings (SSSR count). The van der Waals surface area contributed by atoms with Crippen molar-refractivity contribution >= 4 is 17.1 Å². The van der Waals surface area contributed by atoms with Crippen molar-refractivity contribution in [3.8, 4) is 17.2 Å². The van der Waals surface area contributed by atoms with E-state index in [0.717, 1.165) is 5.56 Å². The highest BCUT2D eigenvalue weighted by atomic mass is 16.5. The number of nitrogens with zero attached hydrogens (tertiary/aromatic N) is 4. The Morgan fingerprint density at radius 1 is 1.07 bits per heavy atom. The molecule has 0 aliphatic heterocycles. The van der Waals surface area contributed by atoms with Gasteiger partial charge in [0.05, 0.1) is 32.6 Å². The molecule has 0 fully saturated rings. The quantitative estimate of drug-likeness (QED) is 0.573. The molecule has 4 aromatic rings. The number of nitrogen functional groups attached to an aromatic ring is 1. The summed E-state index contributed by atoms with van der Waals surface area (Å²) >= 11 is 0. The number of fused-ring (bicyclic) bond motifs is 1. The summed E-state index contributed by atoms with van der Waals surface area (Å²) in [4.78, 5) is 21.7. The summed E-state index contributed by atoms with van der Waals surface area (Å²) < 4.78 is 13.8. The van der Waals surface area contributed by atoms with Gasteiger partial charge in [-0.1, -0.05) is 24.3 Å². The summed E-state index contributed by atoms with van der Waals surface area (Å²) in [5, 5.41) is 0. The fraction of sp³-hybridized carbons (Fsp3) is 0.150. The Labute approximate surface area is 160 Å². The molecule has 28 heavy (non-hydrogen) atoms. The van der Waals surface area contributed by atoms with Crippen LogP contribution in [-0.2, 0) is 6.54 Å². The Morgan fingerprint density at radius 2 is 1.89 bits per heavy atom. The van der Waals surface area contributed by atoms with Gasteiger partial charge < -0.3 is 15.2 Å². The molecule has 0 amide bonds. The Kier molecular flexibility index (Phi) is 4.44.